The summed E-state index contributed by atoms with van der Waals surface area (Å²) in [6.45, 7) is 6.71. The fraction of sp³-hybridized carbons (Fsp3) is 0.867. The molecule has 1 saturated heterocycles. The van der Waals surface area contributed by atoms with Crippen molar-refractivity contribution in [2.45, 2.75) is 39.5 Å². The molecule has 1 unspecified atom stereocenters. The Morgan fingerprint density at radius 1 is 1.10 bits per heavy atom. The molecule has 2 rings (SSSR count). The lowest BCUT2D eigenvalue weighted by atomic mass is 9.91. The van der Waals surface area contributed by atoms with Gasteiger partial charge in [-0.05, 0) is 25.7 Å². The molecule has 1 atom stereocenters. The van der Waals surface area contributed by atoms with E-state index in [1.54, 1.807) is 11.8 Å². The molecule has 0 radical (unpaired) electrons. The number of ether oxygens (including phenoxy) is 1. The largest absolute Gasteiger partial charge is 0.450 e. The Morgan fingerprint density at radius 3 is 2.20 bits per heavy atom. The maximum atomic E-state index is 12.5. The number of amides is 2. The molecule has 2 amide bonds. The van der Waals surface area contributed by atoms with E-state index in [0.29, 0.717) is 38.7 Å². The van der Waals surface area contributed by atoms with Crippen LogP contribution >= 0.6 is 0 Å². The van der Waals surface area contributed by atoms with Gasteiger partial charge in [0.1, 0.15) is 0 Å². The molecule has 0 N–H and O–H groups in total. The van der Waals surface area contributed by atoms with Crippen LogP contribution in [0.1, 0.15) is 39.5 Å². The number of hydrogen-bond acceptors (Lipinski definition) is 3. The van der Waals surface area contributed by atoms with Crippen molar-refractivity contribution in [3.8, 4) is 0 Å². The fourth-order valence-electron chi connectivity index (χ4n) is 3.27. The van der Waals surface area contributed by atoms with Crippen molar-refractivity contribution < 1.29 is 14.3 Å². The molecule has 1 aliphatic carbocycles. The predicted molar refractivity (Wildman–Crippen MR) is 76.3 cm³/mol. The molecular formula is C15H26N2O3. The normalized spacial score (nSPS) is 21.9. The molecule has 20 heavy (non-hydrogen) atoms. The average Bonchev–Trinajstić information content (AvgIpc) is 3.00. The second-order valence-electron chi connectivity index (χ2n) is 5.84. The molecule has 2 aliphatic rings. The Kier molecular flexibility index (Phi) is 5.26. The van der Waals surface area contributed by atoms with Crippen molar-refractivity contribution in [3.05, 3.63) is 0 Å². The molecule has 0 spiro atoms. The predicted octanol–water partition coefficient (Wildman–Crippen LogP) is 2.11. The first-order valence-corrected chi connectivity index (χ1v) is 7.84. The molecular weight excluding hydrogens is 256 g/mol. The third-order valence-electron chi connectivity index (χ3n) is 4.61. The third-order valence-corrected chi connectivity index (χ3v) is 4.61. The maximum Gasteiger partial charge on any atom is 0.409 e. The molecule has 0 aromatic heterocycles. The minimum absolute atomic E-state index is 0.131. The van der Waals surface area contributed by atoms with Crippen LogP contribution in [0.15, 0.2) is 0 Å². The van der Waals surface area contributed by atoms with E-state index in [-0.39, 0.29) is 17.9 Å². The lowest BCUT2D eigenvalue weighted by Gasteiger charge is -2.36. The molecule has 0 bridgehead atoms. The van der Waals surface area contributed by atoms with E-state index in [0.717, 1.165) is 0 Å². The average molecular weight is 282 g/mol. The van der Waals surface area contributed by atoms with Gasteiger partial charge in [0.25, 0.3) is 0 Å². The van der Waals surface area contributed by atoms with Gasteiger partial charge in [0.2, 0.25) is 5.91 Å². The lowest BCUT2D eigenvalue weighted by molar-refractivity contribution is -0.138. The molecule has 1 aliphatic heterocycles. The summed E-state index contributed by atoms with van der Waals surface area (Å²) in [6, 6.07) is 0. The van der Waals surface area contributed by atoms with E-state index in [1.165, 1.54) is 25.7 Å². The van der Waals surface area contributed by atoms with Crippen LogP contribution in [0.2, 0.25) is 0 Å². The van der Waals surface area contributed by atoms with E-state index in [2.05, 4.69) is 6.92 Å². The number of carbonyl (C=O) groups is 2. The zero-order valence-corrected chi connectivity index (χ0v) is 12.6. The minimum Gasteiger partial charge on any atom is -0.450 e. The van der Waals surface area contributed by atoms with Crippen molar-refractivity contribution in [3.63, 3.8) is 0 Å². The van der Waals surface area contributed by atoms with E-state index in [1.807, 2.05) is 4.90 Å². The molecule has 0 aromatic rings. The lowest BCUT2D eigenvalue weighted by Crippen LogP contribution is -2.52. The highest BCUT2D eigenvalue weighted by atomic mass is 16.6. The SMILES string of the molecule is CCOC(=O)N1CCN(C(=O)C(C)C2CCCC2)CC1. The summed E-state index contributed by atoms with van der Waals surface area (Å²) in [5.41, 5.74) is 0. The van der Waals surface area contributed by atoms with E-state index in [9.17, 15) is 9.59 Å². The Hall–Kier alpha value is -1.26. The van der Waals surface area contributed by atoms with Gasteiger partial charge in [-0.25, -0.2) is 4.79 Å². The van der Waals surface area contributed by atoms with Gasteiger partial charge in [0.05, 0.1) is 6.61 Å². The molecule has 114 valence electrons. The number of piperazine rings is 1. The number of rotatable bonds is 3. The monoisotopic (exact) mass is 282 g/mol. The molecule has 5 heteroatoms. The van der Waals surface area contributed by atoms with Gasteiger partial charge in [-0.1, -0.05) is 19.8 Å². The third kappa shape index (κ3) is 3.44. The quantitative estimate of drug-likeness (QED) is 0.796. The number of carbonyl (C=O) groups excluding carboxylic acids is 2. The number of hydrogen-bond donors (Lipinski definition) is 0. The highest BCUT2D eigenvalue weighted by Gasteiger charge is 2.32. The van der Waals surface area contributed by atoms with Crippen LogP contribution in [0, 0.1) is 11.8 Å². The van der Waals surface area contributed by atoms with Gasteiger partial charge < -0.3 is 14.5 Å². The number of nitrogens with zero attached hydrogens (tertiary/aromatic N) is 2. The smallest absolute Gasteiger partial charge is 0.409 e. The van der Waals surface area contributed by atoms with Crippen molar-refractivity contribution in [1.82, 2.24) is 9.80 Å². The minimum atomic E-state index is -0.261. The first-order chi connectivity index (χ1) is 9.63. The van der Waals surface area contributed by atoms with E-state index >= 15 is 0 Å². The van der Waals surface area contributed by atoms with Crippen LogP contribution in [-0.2, 0) is 9.53 Å². The van der Waals surface area contributed by atoms with Crippen LogP contribution < -0.4 is 0 Å². The zero-order valence-electron chi connectivity index (χ0n) is 12.6. The Labute approximate surface area is 121 Å². The zero-order chi connectivity index (χ0) is 14.5. The van der Waals surface area contributed by atoms with Gasteiger partial charge in [0.15, 0.2) is 0 Å². The summed E-state index contributed by atoms with van der Waals surface area (Å²) >= 11 is 0. The summed E-state index contributed by atoms with van der Waals surface area (Å²) in [5, 5.41) is 0. The van der Waals surface area contributed by atoms with Crippen LogP contribution in [0.5, 0.6) is 0 Å². The first kappa shape index (κ1) is 15.1. The summed E-state index contributed by atoms with van der Waals surface area (Å²) in [5.74, 6) is 0.956. The highest BCUT2D eigenvalue weighted by Crippen LogP contribution is 2.32. The highest BCUT2D eigenvalue weighted by molar-refractivity contribution is 5.79. The van der Waals surface area contributed by atoms with Gasteiger partial charge >= 0.3 is 6.09 Å². The summed E-state index contributed by atoms with van der Waals surface area (Å²) in [7, 11) is 0. The topological polar surface area (TPSA) is 49.9 Å². The summed E-state index contributed by atoms with van der Waals surface area (Å²) < 4.78 is 4.99. The summed E-state index contributed by atoms with van der Waals surface area (Å²) in [4.78, 5) is 27.7. The summed E-state index contributed by atoms with van der Waals surface area (Å²) in [6.07, 6.45) is 4.65. The van der Waals surface area contributed by atoms with Gasteiger partial charge in [-0.2, -0.15) is 0 Å². The molecule has 5 nitrogen and oxygen atoms in total. The molecule has 2 fully saturated rings. The fourth-order valence-corrected chi connectivity index (χ4v) is 3.27. The van der Waals surface area contributed by atoms with Crippen LogP contribution in [0.3, 0.4) is 0 Å². The molecule has 0 aromatic carbocycles. The van der Waals surface area contributed by atoms with E-state index < -0.39 is 0 Å². The van der Waals surface area contributed by atoms with Crippen molar-refractivity contribution >= 4 is 12.0 Å². The second-order valence-corrected chi connectivity index (χ2v) is 5.84. The van der Waals surface area contributed by atoms with Gasteiger partial charge in [0, 0.05) is 32.1 Å². The Balaban J connectivity index is 1.80. The van der Waals surface area contributed by atoms with Gasteiger partial charge in [-0.15, -0.1) is 0 Å². The standard InChI is InChI=1S/C15H26N2O3/c1-3-20-15(19)17-10-8-16(9-11-17)14(18)12(2)13-6-4-5-7-13/h12-13H,3-11H2,1-2H3. The molecule has 1 heterocycles. The Bertz CT molecular complexity index is 345. The second kappa shape index (κ2) is 6.95. The van der Waals surface area contributed by atoms with Crippen LogP contribution in [-0.4, -0.2) is 54.6 Å². The van der Waals surface area contributed by atoms with E-state index in [4.69, 9.17) is 4.74 Å². The van der Waals surface area contributed by atoms with Crippen molar-refractivity contribution in [2.24, 2.45) is 11.8 Å². The first-order valence-electron chi connectivity index (χ1n) is 7.84. The molecule has 1 saturated carbocycles. The maximum absolute atomic E-state index is 12.5. The van der Waals surface area contributed by atoms with Crippen LogP contribution in [0.25, 0.3) is 0 Å². The van der Waals surface area contributed by atoms with Crippen LogP contribution in [0.4, 0.5) is 4.79 Å². The Morgan fingerprint density at radius 2 is 1.65 bits per heavy atom. The van der Waals surface area contributed by atoms with Crippen molar-refractivity contribution in [2.75, 3.05) is 32.8 Å². The van der Waals surface area contributed by atoms with Gasteiger partial charge in [-0.3, -0.25) is 4.79 Å². The van der Waals surface area contributed by atoms with Crippen molar-refractivity contribution in [1.29, 1.82) is 0 Å².